The van der Waals surface area contributed by atoms with Gasteiger partial charge in [-0.1, -0.05) is 12.8 Å². The van der Waals surface area contributed by atoms with E-state index in [2.05, 4.69) is 9.68 Å². The normalized spacial score (nSPS) is 13.2. The highest BCUT2D eigenvalue weighted by molar-refractivity contribution is 5.83. The van der Waals surface area contributed by atoms with Crippen molar-refractivity contribution in [1.82, 2.24) is 0 Å². The average molecular weight is 309 g/mol. The van der Waals surface area contributed by atoms with Crippen molar-refractivity contribution >= 4 is 5.78 Å². The van der Waals surface area contributed by atoms with Crippen molar-refractivity contribution in [3.8, 4) is 0 Å². The average Bonchev–Trinajstić information content (AvgIpc) is 2.42. The lowest BCUT2D eigenvalue weighted by Crippen LogP contribution is -2.33. The Bertz CT molecular complexity index is 351. The molecule has 0 aromatic carbocycles. The number of nitrogens with two attached hydrogens (primary N) is 1. The van der Waals surface area contributed by atoms with Crippen molar-refractivity contribution in [2.75, 3.05) is 13.2 Å². The van der Waals surface area contributed by atoms with Crippen LogP contribution >= 0.6 is 0 Å². The first-order chi connectivity index (χ1) is 9.86. The Morgan fingerprint density at radius 3 is 2.38 bits per heavy atom. The molecule has 0 aliphatic rings. The maximum absolute atomic E-state index is 11.3. The standard InChI is InChI=1S/C10H19N3O8/c11-9(6-14)10(15)5-3-1-2-4-8(21-13(18)19)7-20-12(16)17/h8-9,14H,1-7,11H2. The zero-order chi connectivity index (χ0) is 16.3. The van der Waals surface area contributed by atoms with Crippen molar-refractivity contribution in [3.63, 3.8) is 0 Å². The second-order valence-electron chi connectivity index (χ2n) is 4.33. The summed E-state index contributed by atoms with van der Waals surface area (Å²) in [6.45, 7) is -0.932. The Labute approximate surface area is 120 Å². The van der Waals surface area contributed by atoms with E-state index in [-0.39, 0.29) is 18.6 Å². The van der Waals surface area contributed by atoms with Crippen LogP contribution in [-0.4, -0.2) is 46.4 Å². The van der Waals surface area contributed by atoms with Crippen molar-refractivity contribution in [2.24, 2.45) is 5.73 Å². The van der Waals surface area contributed by atoms with Crippen LogP contribution in [0.25, 0.3) is 0 Å². The van der Waals surface area contributed by atoms with E-state index in [0.29, 0.717) is 19.3 Å². The Kier molecular flexibility index (Phi) is 9.71. The number of hydrogen-bond acceptors (Lipinski definition) is 9. The molecular formula is C10H19N3O8. The SMILES string of the molecule is NC(CO)C(=O)CCCCCC(CO[N+](=O)[O-])O[N+](=O)[O-]. The van der Waals surface area contributed by atoms with Gasteiger partial charge in [0, 0.05) is 6.42 Å². The molecule has 0 aliphatic carbocycles. The van der Waals surface area contributed by atoms with Gasteiger partial charge >= 0.3 is 0 Å². The van der Waals surface area contributed by atoms with Crippen molar-refractivity contribution in [3.05, 3.63) is 20.2 Å². The first-order valence-corrected chi connectivity index (χ1v) is 6.34. The van der Waals surface area contributed by atoms with Crippen LogP contribution in [-0.2, 0) is 14.5 Å². The molecule has 0 aromatic heterocycles. The van der Waals surface area contributed by atoms with Crippen molar-refractivity contribution in [1.29, 1.82) is 0 Å². The van der Waals surface area contributed by atoms with E-state index in [1.807, 2.05) is 0 Å². The number of carbonyl (C=O) groups is 1. The highest BCUT2D eigenvalue weighted by atomic mass is 17.0. The number of nitrogens with zero attached hydrogens (tertiary/aromatic N) is 2. The second-order valence-corrected chi connectivity index (χ2v) is 4.33. The Hall–Kier alpha value is -2.01. The molecule has 0 aliphatic heterocycles. The molecule has 2 atom stereocenters. The minimum atomic E-state index is -1.05. The quantitative estimate of drug-likeness (QED) is 0.261. The second kappa shape index (κ2) is 10.7. The lowest BCUT2D eigenvalue weighted by molar-refractivity contribution is -0.790. The summed E-state index contributed by atoms with van der Waals surface area (Å²) in [5, 5.41) is 26.8. The Morgan fingerprint density at radius 2 is 1.86 bits per heavy atom. The van der Waals surface area contributed by atoms with Gasteiger partial charge in [-0.3, -0.25) is 4.79 Å². The fourth-order valence-corrected chi connectivity index (χ4v) is 1.57. The summed E-state index contributed by atoms with van der Waals surface area (Å²) < 4.78 is 0. The predicted molar refractivity (Wildman–Crippen MR) is 68.0 cm³/mol. The molecule has 0 bridgehead atoms. The summed E-state index contributed by atoms with van der Waals surface area (Å²) in [5.74, 6) is -0.257. The highest BCUT2D eigenvalue weighted by Crippen LogP contribution is 2.10. The van der Waals surface area contributed by atoms with E-state index in [9.17, 15) is 25.0 Å². The molecule has 0 heterocycles. The lowest BCUT2D eigenvalue weighted by Gasteiger charge is -2.13. The summed E-state index contributed by atoms with van der Waals surface area (Å²) in [4.78, 5) is 39.8. The van der Waals surface area contributed by atoms with E-state index >= 15 is 0 Å². The maximum Gasteiger partial charge on any atom is 0.294 e. The Morgan fingerprint density at radius 1 is 1.19 bits per heavy atom. The van der Waals surface area contributed by atoms with Crippen LogP contribution < -0.4 is 5.73 Å². The van der Waals surface area contributed by atoms with Gasteiger partial charge in [0.15, 0.2) is 5.78 Å². The van der Waals surface area contributed by atoms with Gasteiger partial charge in [-0.05, 0) is 12.8 Å². The fourth-order valence-electron chi connectivity index (χ4n) is 1.57. The molecule has 0 aromatic rings. The largest absolute Gasteiger partial charge is 0.394 e. The number of Topliss-reactive ketones (excluding diaryl/α,β-unsaturated/α-hetero) is 1. The molecule has 0 radical (unpaired) electrons. The molecule has 0 fully saturated rings. The van der Waals surface area contributed by atoms with Crippen molar-refractivity contribution < 1.29 is 29.7 Å². The number of aliphatic hydroxyl groups is 1. The van der Waals surface area contributed by atoms with E-state index in [4.69, 9.17) is 10.8 Å². The number of carbonyl (C=O) groups excluding carboxylic acids is 1. The molecular weight excluding hydrogens is 290 g/mol. The van der Waals surface area contributed by atoms with Crippen LogP contribution in [0, 0.1) is 20.2 Å². The van der Waals surface area contributed by atoms with Crippen LogP contribution in [0.4, 0.5) is 0 Å². The van der Waals surface area contributed by atoms with Crippen LogP contribution in [0.1, 0.15) is 32.1 Å². The summed E-state index contributed by atoms with van der Waals surface area (Å²) in [5.41, 5.74) is 5.33. The first-order valence-electron chi connectivity index (χ1n) is 6.34. The van der Waals surface area contributed by atoms with Gasteiger partial charge in [0.25, 0.3) is 10.2 Å². The molecule has 21 heavy (non-hydrogen) atoms. The smallest absolute Gasteiger partial charge is 0.294 e. The van der Waals surface area contributed by atoms with Gasteiger partial charge in [0.1, 0.15) is 12.7 Å². The minimum absolute atomic E-state index is 0.190. The van der Waals surface area contributed by atoms with E-state index in [1.54, 1.807) is 0 Å². The molecule has 0 spiro atoms. The number of ketones is 1. The van der Waals surface area contributed by atoms with Crippen molar-refractivity contribution in [2.45, 2.75) is 44.2 Å². The lowest BCUT2D eigenvalue weighted by atomic mass is 10.0. The molecule has 122 valence electrons. The molecule has 0 rings (SSSR count). The maximum atomic E-state index is 11.3. The van der Waals surface area contributed by atoms with Crippen LogP contribution in [0.2, 0.25) is 0 Å². The fraction of sp³-hybridized carbons (Fsp3) is 0.900. The molecule has 0 saturated carbocycles. The van der Waals surface area contributed by atoms with Crippen LogP contribution in [0.3, 0.4) is 0 Å². The monoisotopic (exact) mass is 309 g/mol. The summed E-state index contributed by atoms with van der Waals surface area (Å²) >= 11 is 0. The third kappa shape index (κ3) is 10.4. The minimum Gasteiger partial charge on any atom is -0.394 e. The zero-order valence-corrected chi connectivity index (χ0v) is 11.4. The van der Waals surface area contributed by atoms with E-state index in [0.717, 1.165) is 0 Å². The van der Waals surface area contributed by atoms with Gasteiger partial charge in [-0.2, -0.15) is 0 Å². The molecule has 0 amide bonds. The summed E-state index contributed by atoms with van der Waals surface area (Å²) in [6, 6.07) is -0.885. The van der Waals surface area contributed by atoms with Gasteiger partial charge in [0.05, 0.1) is 12.6 Å². The van der Waals surface area contributed by atoms with Crippen LogP contribution in [0.15, 0.2) is 0 Å². The van der Waals surface area contributed by atoms with Gasteiger partial charge < -0.3 is 20.5 Å². The molecule has 11 heteroatoms. The molecule has 2 unspecified atom stereocenters. The van der Waals surface area contributed by atoms with Crippen LogP contribution in [0.5, 0.6) is 0 Å². The van der Waals surface area contributed by atoms with Gasteiger partial charge in [-0.15, -0.1) is 20.2 Å². The van der Waals surface area contributed by atoms with E-state index in [1.165, 1.54) is 0 Å². The number of unbranched alkanes of at least 4 members (excludes halogenated alkanes) is 2. The van der Waals surface area contributed by atoms with Gasteiger partial charge in [-0.25, -0.2) is 0 Å². The summed E-state index contributed by atoms with van der Waals surface area (Å²) in [6.07, 6.45) is 0.915. The predicted octanol–water partition coefficient (Wildman–Crippen LogP) is -0.389. The number of aliphatic hydroxyl groups excluding tert-OH is 1. The molecule has 0 saturated heterocycles. The zero-order valence-electron chi connectivity index (χ0n) is 11.4. The third-order valence-corrected chi connectivity index (χ3v) is 2.66. The Balaban J connectivity index is 3.88. The first kappa shape index (κ1) is 19.0. The molecule has 11 nitrogen and oxygen atoms in total. The summed E-state index contributed by atoms with van der Waals surface area (Å²) in [7, 11) is 0. The number of hydrogen-bond donors (Lipinski definition) is 2. The van der Waals surface area contributed by atoms with E-state index < -0.39 is 35.5 Å². The topological polar surface area (TPSA) is 168 Å². The highest BCUT2D eigenvalue weighted by Gasteiger charge is 2.16. The third-order valence-electron chi connectivity index (χ3n) is 2.66. The molecule has 3 N–H and O–H groups in total. The number of rotatable bonds is 13. The van der Waals surface area contributed by atoms with Gasteiger partial charge in [0.2, 0.25) is 0 Å².